The molecule has 52 heavy (non-hydrogen) atoms. The fourth-order valence-corrected chi connectivity index (χ4v) is 7.26. The molecule has 1 heterocycles. The molecule has 0 aliphatic heterocycles. The van der Waals surface area contributed by atoms with E-state index in [4.69, 9.17) is 9.84 Å². The lowest BCUT2D eigenvalue weighted by Gasteiger charge is -2.25. The minimum Gasteiger partial charge on any atom is -0.490 e. The molecule has 284 valence electrons. The van der Waals surface area contributed by atoms with E-state index in [0.717, 1.165) is 59.3 Å². The number of benzene rings is 2. The van der Waals surface area contributed by atoms with Gasteiger partial charge in [0.1, 0.15) is 24.1 Å². The third-order valence-electron chi connectivity index (χ3n) is 9.71. The Morgan fingerprint density at radius 3 is 2.44 bits per heavy atom. The third kappa shape index (κ3) is 9.85. The summed E-state index contributed by atoms with van der Waals surface area (Å²) in [6.45, 7) is 1.68. The summed E-state index contributed by atoms with van der Waals surface area (Å²) >= 11 is 0. The summed E-state index contributed by atoms with van der Waals surface area (Å²) in [7, 11) is -2.27. The number of carbonyl (C=O) groups excluding carboxylic acids is 1. The molecule has 0 saturated heterocycles. The normalized spacial score (nSPS) is 17.6. The first-order valence-corrected chi connectivity index (χ1v) is 19.2. The molecule has 4 atom stereocenters. The number of para-hydroxylation sites is 1. The molecule has 2 saturated carbocycles. The number of carbonyl (C=O) groups is 1. The monoisotopic (exact) mass is 741 g/mol. The highest BCUT2D eigenvalue weighted by Gasteiger charge is 2.46. The molecule has 3 aromatic rings. The van der Waals surface area contributed by atoms with Gasteiger partial charge in [0, 0.05) is 56.7 Å². The molecule has 15 heteroatoms. The number of unbranched alkanes of at least 4 members (excludes halogenated alkanes) is 1. The average molecular weight is 742 g/mol. The molecule has 0 spiro atoms. The van der Waals surface area contributed by atoms with Gasteiger partial charge in [0.2, 0.25) is 10.0 Å². The first kappa shape index (κ1) is 39.5. The van der Waals surface area contributed by atoms with Gasteiger partial charge in [-0.3, -0.25) is 4.98 Å². The molecule has 2 aliphatic carbocycles. The van der Waals surface area contributed by atoms with Crippen LogP contribution in [0.5, 0.6) is 5.75 Å². The number of ether oxygens (including phenoxy) is 1. The van der Waals surface area contributed by atoms with E-state index in [1.54, 1.807) is 18.3 Å². The maximum absolute atomic E-state index is 13.5. The van der Waals surface area contributed by atoms with Gasteiger partial charge in [-0.15, -0.1) is 0 Å². The number of pyridine rings is 1. The highest BCUT2D eigenvalue weighted by molar-refractivity contribution is 7.89. The van der Waals surface area contributed by atoms with Gasteiger partial charge in [0.15, 0.2) is 0 Å². The molecule has 0 unspecified atom stereocenters. The van der Waals surface area contributed by atoms with Crippen molar-refractivity contribution >= 4 is 16.1 Å². The zero-order valence-electron chi connectivity index (χ0n) is 29.6. The Balaban J connectivity index is 1.12. The Morgan fingerprint density at radius 2 is 1.73 bits per heavy atom. The van der Waals surface area contributed by atoms with Crippen molar-refractivity contribution in [2.75, 3.05) is 33.3 Å². The van der Waals surface area contributed by atoms with E-state index in [9.17, 15) is 33.6 Å². The number of nitrogens with zero attached hydrogens (tertiary/aromatic N) is 2. The van der Waals surface area contributed by atoms with Crippen LogP contribution in [0, 0.1) is 6.92 Å². The number of sulfonamides is 1. The van der Waals surface area contributed by atoms with Gasteiger partial charge in [-0.05, 0) is 92.0 Å². The topological polar surface area (TPSA) is 214 Å². The average Bonchev–Trinajstić information content (AvgIpc) is 4.10. The summed E-state index contributed by atoms with van der Waals surface area (Å²) in [6, 6.07) is 14.7. The lowest BCUT2D eigenvalue weighted by molar-refractivity contribution is -0.113. The Kier molecular flexibility index (Phi) is 13.3. The van der Waals surface area contributed by atoms with Gasteiger partial charge < -0.3 is 46.2 Å². The molecule has 8 N–H and O–H groups in total. The molecule has 2 aliphatic rings. The Morgan fingerprint density at radius 1 is 1.00 bits per heavy atom. The van der Waals surface area contributed by atoms with E-state index in [2.05, 4.69) is 27.0 Å². The first-order chi connectivity index (χ1) is 24.9. The standard InChI is InChI=1S/C37H51N5O9S/c1-24-9-12-27(52(49,50)42(2)18-6-5-16-39-36(48)40-22-31(44)34(46)35(47)32(45)23-43)19-25(24)20-41-37(14-15-37)30-21-38-17-13-28(30)29-7-3-4-8-33(29)51-26-10-11-26/h3-4,7-9,12-13,17,19,21,26,31-32,34-35,41,43-47H,5-6,10-11,14-16,18,20,22-23H2,1-2H3,(H2,39,40,48)/t31-,32+,34+,35+/m0/s1. The largest absolute Gasteiger partial charge is 0.490 e. The summed E-state index contributed by atoms with van der Waals surface area (Å²) in [4.78, 5) is 16.7. The van der Waals surface area contributed by atoms with Crippen molar-refractivity contribution in [2.24, 2.45) is 0 Å². The summed E-state index contributed by atoms with van der Waals surface area (Å²) in [5, 5.41) is 56.4. The van der Waals surface area contributed by atoms with Crippen molar-refractivity contribution < 1.29 is 43.5 Å². The number of nitrogens with one attached hydrogen (secondary N) is 3. The number of rotatable bonds is 20. The second-order valence-corrected chi connectivity index (χ2v) is 15.8. The van der Waals surface area contributed by atoms with E-state index in [0.29, 0.717) is 19.4 Å². The van der Waals surface area contributed by atoms with E-state index in [-0.39, 0.29) is 29.6 Å². The Hall–Kier alpha value is -3.67. The predicted molar refractivity (Wildman–Crippen MR) is 194 cm³/mol. The number of aliphatic hydroxyl groups is 5. The van der Waals surface area contributed by atoms with Crippen LogP contribution in [0.3, 0.4) is 0 Å². The van der Waals surface area contributed by atoms with Crippen LogP contribution < -0.4 is 20.7 Å². The molecule has 0 bridgehead atoms. The van der Waals surface area contributed by atoms with Crippen molar-refractivity contribution in [3.63, 3.8) is 0 Å². The zero-order chi connectivity index (χ0) is 37.5. The molecule has 1 aromatic heterocycles. The number of aromatic nitrogens is 1. The van der Waals surface area contributed by atoms with Crippen molar-refractivity contribution in [3.8, 4) is 16.9 Å². The van der Waals surface area contributed by atoms with Crippen LogP contribution in [0.4, 0.5) is 4.79 Å². The maximum atomic E-state index is 13.5. The fraction of sp³-hybridized carbons (Fsp3) is 0.514. The van der Waals surface area contributed by atoms with E-state index in [1.165, 1.54) is 11.4 Å². The number of hydrogen-bond acceptors (Lipinski definition) is 11. The van der Waals surface area contributed by atoms with Crippen LogP contribution in [0.25, 0.3) is 11.1 Å². The fourth-order valence-electron chi connectivity index (χ4n) is 6.00. The molecule has 2 amide bonds. The van der Waals surface area contributed by atoms with Crippen molar-refractivity contribution in [1.82, 2.24) is 25.2 Å². The van der Waals surface area contributed by atoms with E-state index in [1.807, 2.05) is 43.5 Å². The van der Waals surface area contributed by atoms with E-state index >= 15 is 0 Å². The molecular formula is C37H51N5O9S. The second kappa shape index (κ2) is 17.4. The van der Waals surface area contributed by atoms with Crippen molar-refractivity contribution in [2.45, 2.75) is 92.9 Å². The summed E-state index contributed by atoms with van der Waals surface area (Å²) in [6.07, 6.45) is 2.14. The molecule has 0 radical (unpaired) electrons. The number of urea groups is 1. The summed E-state index contributed by atoms with van der Waals surface area (Å²) < 4.78 is 34.6. The highest BCUT2D eigenvalue weighted by Crippen LogP contribution is 2.50. The van der Waals surface area contributed by atoms with E-state index < -0.39 is 53.6 Å². The lowest BCUT2D eigenvalue weighted by Crippen LogP contribution is -2.50. The molecule has 14 nitrogen and oxygen atoms in total. The van der Waals surface area contributed by atoms with Crippen LogP contribution in [0.1, 0.15) is 55.2 Å². The number of amides is 2. The molecule has 2 aromatic carbocycles. The quantitative estimate of drug-likeness (QED) is 0.0778. The zero-order valence-corrected chi connectivity index (χ0v) is 30.4. The van der Waals surface area contributed by atoms with Gasteiger partial charge in [-0.1, -0.05) is 24.3 Å². The molecular weight excluding hydrogens is 690 g/mol. The Bertz CT molecular complexity index is 1770. The first-order valence-electron chi connectivity index (χ1n) is 17.7. The number of hydrogen-bond donors (Lipinski definition) is 8. The molecule has 2 fully saturated rings. The minimum absolute atomic E-state index is 0.199. The van der Waals surface area contributed by atoms with Gasteiger partial charge in [0.25, 0.3) is 0 Å². The van der Waals surface area contributed by atoms with Crippen molar-refractivity contribution in [3.05, 3.63) is 77.6 Å². The highest BCUT2D eigenvalue weighted by atomic mass is 32.2. The van der Waals surface area contributed by atoms with Crippen LogP contribution in [0.2, 0.25) is 0 Å². The summed E-state index contributed by atoms with van der Waals surface area (Å²) in [5.74, 6) is 0.872. The maximum Gasteiger partial charge on any atom is 0.314 e. The van der Waals surface area contributed by atoms with Crippen LogP contribution in [-0.4, -0.2) is 113 Å². The smallest absolute Gasteiger partial charge is 0.314 e. The van der Waals surface area contributed by atoms with Crippen LogP contribution in [-0.2, 0) is 22.1 Å². The van der Waals surface area contributed by atoms with Gasteiger partial charge in [0.05, 0.1) is 23.7 Å². The number of aryl methyl sites for hydroxylation is 1. The molecule has 5 rings (SSSR count). The van der Waals surface area contributed by atoms with Gasteiger partial charge in [-0.2, -0.15) is 0 Å². The minimum atomic E-state index is -3.79. The van der Waals surface area contributed by atoms with Gasteiger partial charge in [-0.25, -0.2) is 17.5 Å². The van der Waals surface area contributed by atoms with Crippen LogP contribution in [0.15, 0.2) is 65.8 Å². The predicted octanol–water partition coefficient (Wildman–Crippen LogP) is 1.51. The van der Waals surface area contributed by atoms with Crippen molar-refractivity contribution in [1.29, 1.82) is 0 Å². The summed E-state index contributed by atoms with van der Waals surface area (Å²) in [5.41, 5.74) is 4.79. The lowest BCUT2D eigenvalue weighted by atomic mass is 9.94. The number of aliphatic hydroxyl groups excluding tert-OH is 5. The van der Waals surface area contributed by atoms with Crippen LogP contribution >= 0.6 is 0 Å². The Labute approximate surface area is 304 Å². The second-order valence-electron chi connectivity index (χ2n) is 13.7. The third-order valence-corrected chi connectivity index (χ3v) is 11.6. The SMILES string of the molecule is Cc1ccc(S(=O)(=O)N(C)CCCCNC(=O)NC[C@H](O)[C@@H](O)[C@H](O)[C@H](O)CO)cc1CNC1(c2cnccc2-c2ccccc2OC2CC2)CC1. The van der Waals surface area contributed by atoms with Gasteiger partial charge >= 0.3 is 6.03 Å².